The van der Waals surface area contributed by atoms with Crippen molar-refractivity contribution < 1.29 is 0 Å². The number of nitrogens with one attached hydrogen (secondary N) is 1. The van der Waals surface area contributed by atoms with E-state index in [4.69, 9.17) is 0 Å². The largest absolute Gasteiger partial charge is 0.278 e. The lowest BCUT2D eigenvalue weighted by Crippen LogP contribution is -2.16. The first kappa shape index (κ1) is 12.2. The van der Waals surface area contributed by atoms with Gasteiger partial charge < -0.3 is 0 Å². The summed E-state index contributed by atoms with van der Waals surface area (Å²) in [6, 6.07) is 4.56. The molecule has 92 valence electrons. The van der Waals surface area contributed by atoms with E-state index in [1.807, 2.05) is 6.20 Å². The second kappa shape index (κ2) is 3.59. The van der Waals surface area contributed by atoms with Gasteiger partial charge in [0, 0.05) is 5.39 Å². The van der Waals surface area contributed by atoms with Gasteiger partial charge in [0.25, 0.3) is 0 Å². The highest BCUT2D eigenvalue weighted by Crippen LogP contribution is 2.33. The summed E-state index contributed by atoms with van der Waals surface area (Å²) in [7, 11) is 0. The Labute approximate surface area is 103 Å². The van der Waals surface area contributed by atoms with Crippen LogP contribution in [0.1, 0.15) is 52.7 Å². The molecule has 2 aromatic rings. The van der Waals surface area contributed by atoms with Crippen LogP contribution in [0.4, 0.5) is 0 Å². The molecule has 1 aromatic carbocycles. The minimum atomic E-state index is 0.131. The molecule has 0 unspecified atom stereocenters. The molecule has 0 radical (unpaired) electrons. The molecule has 0 aliphatic carbocycles. The molecule has 0 fully saturated rings. The number of fused-ring (bicyclic) bond motifs is 1. The molecule has 17 heavy (non-hydrogen) atoms. The molecule has 0 atom stereocenters. The summed E-state index contributed by atoms with van der Waals surface area (Å²) >= 11 is 0. The number of H-pyrrole nitrogens is 1. The van der Waals surface area contributed by atoms with Crippen molar-refractivity contribution in [2.75, 3.05) is 0 Å². The van der Waals surface area contributed by atoms with E-state index in [0.29, 0.717) is 0 Å². The lowest BCUT2D eigenvalue weighted by molar-refractivity contribution is 0.572. The van der Waals surface area contributed by atoms with E-state index in [9.17, 15) is 0 Å². The van der Waals surface area contributed by atoms with Gasteiger partial charge in [-0.25, -0.2) is 0 Å². The van der Waals surface area contributed by atoms with Gasteiger partial charge in [-0.05, 0) is 28.0 Å². The van der Waals surface area contributed by atoms with Crippen LogP contribution in [0.15, 0.2) is 18.3 Å². The zero-order valence-corrected chi connectivity index (χ0v) is 11.7. The van der Waals surface area contributed by atoms with Gasteiger partial charge in [0.05, 0.1) is 11.7 Å². The number of rotatable bonds is 0. The van der Waals surface area contributed by atoms with Crippen molar-refractivity contribution in [3.63, 3.8) is 0 Å². The van der Waals surface area contributed by atoms with Crippen molar-refractivity contribution in [2.24, 2.45) is 0 Å². The summed E-state index contributed by atoms with van der Waals surface area (Å²) in [6.07, 6.45) is 1.92. The van der Waals surface area contributed by atoms with E-state index in [1.54, 1.807) is 0 Å². The van der Waals surface area contributed by atoms with Crippen molar-refractivity contribution in [3.05, 3.63) is 29.5 Å². The first-order valence-corrected chi connectivity index (χ1v) is 6.18. The first-order valence-electron chi connectivity index (χ1n) is 6.18. The van der Waals surface area contributed by atoms with Crippen molar-refractivity contribution in [2.45, 2.75) is 52.4 Å². The maximum Gasteiger partial charge on any atom is 0.0687 e. The van der Waals surface area contributed by atoms with Crippen LogP contribution >= 0.6 is 0 Å². The minimum Gasteiger partial charge on any atom is -0.278 e. The third kappa shape index (κ3) is 2.21. The lowest BCUT2D eigenvalue weighted by atomic mass is 9.79. The zero-order chi connectivity index (χ0) is 12.8. The number of aromatic amines is 1. The van der Waals surface area contributed by atoms with Gasteiger partial charge >= 0.3 is 0 Å². The highest BCUT2D eigenvalue weighted by Gasteiger charge is 2.22. The lowest BCUT2D eigenvalue weighted by Gasteiger charge is -2.25. The average molecular weight is 230 g/mol. The minimum absolute atomic E-state index is 0.131. The maximum atomic E-state index is 4.17. The molecule has 1 aromatic heterocycles. The van der Waals surface area contributed by atoms with Crippen LogP contribution < -0.4 is 0 Å². The van der Waals surface area contributed by atoms with Gasteiger partial charge in [-0.1, -0.05) is 47.6 Å². The Morgan fingerprint density at radius 1 is 0.941 bits per heavy atom. The summed E-state index contributed by atoms with van der Waals surface area (Å²) < 4.78 is 0. The third-order valence-electron chi connectivity index (χ3n) is 3.22. The molecule has 0 aliphatic heterocycles. The summed E-state index contributed by atoms with van der Waals surface area (Å²) in [5.74, 6) is 0. The zero-order valence-electron chi connectivity index (χ0n) is 11.7. The van der Waals surface area contributed by atoms with Gasteiger partial charge in [0.15, 0.2) is 0 Å². The summed E-state index contributed by atoms with van der Waals surface area (Å²) in [5.41, 5.74) is 4.19. The van der Waals surface area contributed by atoms with Crippen molar-refractivity contribution in [1.82, 2.24) is 10.2 Å². The SMILES string of the molecule is CC(C)(C)c1cc(C(C)(C)C)c2[nH]ncc2c1. The second-order valence-corrected chi connectivity index (χ2v) is 6.86. The van der Waals surface area contributed by atoms with Gasteiger partial charge in [-0.3, -0.25) is 5.10 Å². The third-order valence-corrected chi connectivity index (χ3v) is 3.22. The molecule has 1 N–H and O–H groups in total. The Kier molecular flexibility index (Phi) is 2.57. The summed E-state index contributed by atoms with van der Waals surface area (Å²) in [6.45, 7) is 13.5. The Morgan fingerprint density at radius 3 is 2.12 bits per heavy atom. The summed E-state index contributed by atoms with van der Waals surface area (Å²) in [5, 5.41) is 8.51. The van der Waals surface area contributed by atoms with E-state index >= 15 is 0 Å². The molecule has 0 amide bonds. The Morgan fingerprint density at radius 2 is 1.59 bits per heavy atom. The van der Waals surface area contributed by atoms with Crippen molar-refractivity contribution in [3.8, 4) is 0 Å². The molecule has 2 rings (SSSR count). The highest BCUT2D eigenvalue weighted by atomic mass is 15.1. The molecule has 2 nitrogen and oxygen atoms in total. The van der Waals surface area contributed by atoms with Crippen molar-refractivity contribution >= 4 is 10.9 Å². The molecule has 0 saturated carbocycles. The van der Waals surface area contributed by atoms with Crippen LogP contribution in [-0.2, 0) is 10.8 Å². The van der Waals surface area contributed by atoms with Crippen LogP contribution in [0.25, 0.3) is 10.9 Å². The maximum absolute atomic E-state index is 4.17. The van der Waals surface area contributed by atoms with Gasteiger partial charge in [-0.2, -0.15) is 5.10 Å². The number of aromatic nitrogens is 2. The fourth-order valence-corrected chi connectivity index (χ4v) is 2.08. The Hall–Kier alpha value is -1.31. The standard InChI is InChI=1S/C15H22N2/c1-14(2,3)11-7-10-9-16-17-13(10)12(8-11)15(4,5)6/h7-9H,1-6H3,(H,16,17). The van der Waals surface area contributed by atoms with E-state index < -0.39 is 0 Å². The normalized spacial score (nSPS) is 13.3. The number of benzene rings is 1. The summed E-state index contributed by atoms with van der Waals surface area (Å²) in [4.78, 5) is 0. The van der Waals surface area contributed by atoms with E-state index in [-0.39, 0.29) is 10.8 Å². The predicted molar refractivity (Wildman–Crippen MR) is 73.5 cm³/mol. The highest BCUT2D eigenvalue weighted by molar-refractivity contribution is 5.83. The fourth-order valence-electron chi connectivity index (χ4n) is 2.08. The molecule has 1 heterocycles. The molecule has 0 spiro atoms. The van der Waals surface area contributed by atoms with E-state index in [2.05, 4.69) is 63.9 Å². The van der Waals surface area contributed by atoms with Crippen LogP contribution in [0.3, 0.4) is 0 Å². The van der Waals surface area contributed by atoms with E-state index in [0.717, 1.165) is 0 Å². The number of hydrogen-bond acceptors (Lipinski definition) is 1. The van der Waals surface area contributed by atoms with Crippen LogP contribution in [0.5, 0.6) is 0 Å². The number of nitrogens with zero attached hydrogens (tertiary/aromatic N) is 1. The fraction of sp³-hybridized carbons (Fsp3) is 0.533. The van der Waals surface area contributed by atoms with Crippen LogP contribution in [0.2, 0.25) is 0 Å². The molecule has 2 heteroatoms. The molecule has 0 bridgehead atoms. The predicted octanol–water partition coefficient (Wildman–Crippen LogP) is 4.16. The topological polar surface area (TPSA) is 28.7 Å². The van der Waals surface area contributed by atoms with E-state index in [1.165, 1.54) is 22.0 Å². The van der Waals surface area contributed by atoms with Crippen molar-refractivity contribution in [1.29, 1.82) is 0 Å². The second-order valence-electron chi connectivity index (χ2n) is 6.86. The Bertz CT molecular complexity index is 536. The monoisotopic (exact) mass is 230 g/mol. The van der Waals surface area contributed by atoms with Crippen LogP contribution in [-0.4, -0.2) is 10.2 Å². The van der Waals surface area contributed by atoms with Gasteiger partial charge in [-0.15, -0.1) is 0 Å². The quantitative estimate of drug-likeness (QED) is 0.723. The van der Waals surface area contributed by atoms with Gasteiger partial charge in [0.2, 0.25) is 0 Å². The first-order chi connectivity index (χ1) is 7.69. The molecule has 0 saturated heterocycles. The number of hydrogen-bond donors (Lipinski definition) is 1. The molecular formula is C15H22N2. The van der Waals surface area contributed by atoms with Crippen LogP contribution in [0, 0.1) is 0 Å². The molecule has 0 aliphatic rings. The molecular weight excluding hydrogens is 208 g/mol. The van der Waals surface area contributed by atoms with Gasteiger partial charge in [0.1, 0.15) is 0 Å². The average Bonchev–Trinajstić information content (AvgIpc) is 2.59. The smallest absolute Gasteiger partial charge is 0.0687 e. The Balaban J connectivity index is 2.76.